The number of rotatable bonds is 4. The van der Waals surface area contributed by atoms with Gasteiger partial charge in [-0.25, -0.2) is 9.78 Å². The first-order valence-corrected chi connectivity index (χ1v) is 7.39. The van der Waals surface area contributed by atoms with Crippen LogP contribution in [-0.4, -0.2) is 27.1 Å². The Labute approximate surface area is 139 Å². The lowest BCUT2D eigenvalue weighted by Crippen LogP contribution is -2.06. The van der Waals surface area contributed by atoms with Crippen molar-refractivity contribution in [2.75, 3.05) is 6.61 Å². The van der Waals surface area contributed by atoms with E-state index in [2.05, 4.69) is 16.0 Å². The summed E-state index contributed by atoms with van der Waals surface area (Å²) in [7, 11) is 0. The first-order chi connectivity index (χ1) is 11.7. The molecule has 3 aromatic heterocycles. The maximum atomic E-state index is 11.9. The zero-order chi connectivity index (χ0) is 16.9. The Morgan fingerprint density at radius 2 is 2.04 bits per heavy atom. The fourth-order valence-electron chi connectivity index (χ4n) is 2.34. The van der Waals surface area contributed by atoms with Crippen LogP contribution < -0.4 is 0 Å². The molecule has 0 unspecified atom stereocenters. The molecule has 3 rings (SSSR count). The van der Waals surface area contributed by atoms with E-state index >= 15 is 0 Å². The number of nitrogens with zero attached hydrogens (tertiary/aromatic N) is 4. The predicted molar refractivity (Wildman–Crippen MR) is 87.5 cm³/mol. The molecule has 0 aliphatic heterocycles. The van der Waals surface area contributed by atoms with Gasteiger partial charge in [0.2, 0.25) is 0 Å². The molecule has 118 valence electrons. The molecular formula is C18H14N4O2. The van der Waals surface area contributed by atoms with Crippen LogP contribution in [0.3, 0.4) is 0 Å². The van der Waals surface area contributed by atoms with Crippen LogP contribution >= 0.6 is 0 Å². The highest BCUT2D eigenvalue weighted by molar-refractivity contribution is 5.89. The fraction of sp³-hybridized carbons (Fsp3) is 0.111. The van der Waals surface area contributed by atoms with Gasteiger partial charge in [-0.1, -0.05) is 0 Å². The van der Waals surface area contributed by atoms with Gasteiger partial charge in [-0.05, 0) is 36.8 Å². The van der Waals surface area contributed by atoms with E-state index in [4.69, 9.17) is 4.74 Å². The molecule has 0 spiro atoms. The minimum atomic E-state index is -0.400. The van der Waals surface area contributed by atoms with Crippen molar-refractivity contribution in [3.8, 4) is 23.0 Å². The van der Waals surface area contributed by atoms with Crippen molar-refractivity contribution in [2.45, 2.75) is 6.92 Å². The van der Waals surface area contributed by atoms with E-state index in [0.29, 0.717) is 23.6 Å². The molecule has 0 fully saturated rings. The van der Waals surface area contributed by atoms with Gasteiger partial charge in [0, 0.05) is 36.5 Å². The van der Waals surface area contributed by atoms with Gasteiger partial charge in [0.25, 0.3) is 0 Å². The molecule has 6 nitrogen and oxygen atoms in total. The summed E-state index contributed by atoms with van der Waals surface area (Å²) < 4.78 is 6.72. The first-order valence-electron chi connectivity index (χ1n) is 7.39. The van der Waals surface area contributed by atoms with Crippen LogP contribution in [0.25, 0.3) is 16.9 Å². The van der Waals surface area contributed by atoms with Gasteiger partial charge in [-0.15, -0.1) is 0 Å². The van der Waals surface area contributed by atoms with Gasteiger partial charge in [-0.3, -0.25) is 4.98 Å². The van der Waals surface area contributed by atoms with Crippen molar-refractivity contribution in [3.05, 3.63) is 66.4 Å². The number of hydrogen-bond acceptors (Lipinski definition) is 5. The summed E-state index contributed by atoms with van der Waals surface area (Å²) in [5.74, 6) is 0.139. The summed E-state index contributed by atoms with van der Waals surface area (Å²) in [5, 5.41) is 9.38. The fourth-order valence-corrected chi connectivity index (χ4v) is 2.34. The van der Waals surface area contributed by atoms with Crippen LogP contribution in [0.1, 0.15) is 22.8 Å². The van der Waals surface area contributed by atoms with Gasteiger partial charge in [-0.2, -0.15) is 5.26 Å². The Morgan fingerprint density at radius 1 is 1.25 bits per heavy atom. The third kappa shape index (κ3) is 3.01. The summed E-state index contributed by atoms with van der Waals surface area (Å²) in [6.07, 6.45) is 8.39. The average molecular weight is 318 g/mol. The molecule has 24 heavy (non-hydrogen) atoms. The zero-order valence-corrected chi connectivity index (χ0v) is 13.0. The SMILES string of the molecule is CCOC(=O)c1ccnc(-n2cc(C#N)c(-c3ccncc3)c2)c1. The molecule has 0 aliphatic carbocycles. The van der Waals surface area contributed by atoms with Crippen molar-refractivity contribution in [3.63, 3.8) is 0 Å². The Kier molecular flexibility index (Phi) is 4.34. The Balaban J connectivity index is 2.02. The Hall–Kier alpha value is -3.46. The van der Waals surface area contributed by atoms with E-state index in [9.17, 15) is 10.1 Å². The van der Waals surface area contributed by atoms with Crippen LogP contribution in [0.5, 0.6) is 0 Å². The molecule has 0 atom stereocenters. The largest absolute Gasteiger partial charge is 0.462 e. The highest BCUT2D eigenvalue weighted by atomic mass is 16.5. The lowest BCUT2D eigenvalue weighted by atomic mass is 10.1. The third-order valence-electron chi connectivity index (χ3n) is 3.46. The van der Waals surface area contributed by atoms with Crippen LogP contribution in [0.2, 0.25) is 0 Å². The number of carbonyl (C=O) groups is 1. The monoisotopic (exact) mass is 318 g/mol. The van der Waals surface area contributed by atoms with E-state index in [1.54, 1.807) is 48.4 Å². The molecule has 0 aromatic carbocycles. The van der Waals surface area contributed by atoms with Crippen LogP contribution in [0.15, 0.2) is 55.2 Å². The summed E-state index contributed by atoms with van der Waals surface area (Å²) in [6, 6.07) is 9.09. The normalized spacial score (nSPS) is 10.2. The lowest BCUT2D eigenvalue weighted by Gasteiger charge is -2.05. The highest BCUT2D eigenvalue weighted by Crippen LogP contribution is 2.25. The van der Waals surface area contributed by atoms with Crippen molar-refractivity contribution in [1.29, 1.82) is 5.26 Å². The first kappa shape index (κ1) is 15.4. The van der Waals surface area contributed by atoms with Crippen molar-refractivity contribution < 1.29 is 9.53 Å². The molecule has 0 N–H and O–H groups in total. The van der Waals surface area contributed by atoms with Gasteiger partial charge in [0.15, 0.2) is 0 Å². The smallest absolute Gasteiger partial charge is 0.338 e. The van der Waals surface area contributed by atoms with Crippen molar-refractivity contribution in [2.24, 2.45) is 0 Å². The predicted octanol–water partition coefficient (Wildman–Crippen LogP) is 2.98. The van der Waals surface area contributed by atoms with E-state index in [-0.39, 0.29) is 0 Å². The molecule has 0 radical (unpaired) electrons. The second-order valence-electron chi connectivity index (χ2n) is 4.96. The number of esters is 1. The Morgan fingerprint density at radius 3 is 2.75 bits per heavy atom. The van der Waals surface area contributed by atoms with Crippen molar-refractivity contribution >= 4 is 5.97 Å². The number of ether oxygens (including phenoxy) is 1. The van der Waals surface area contributed by atoms with Crippen molar-refractivity contribution in [1.82, 2.24) is 14.5 Å². The van der Waals surface area contributed by atoms with Crippen LogP contribution in [0, 0.1) is 11.3 Å². The van der Waals surface area contributed by atoms with E-state index in [1.807, 2.05) is 18.3 Å². The molecule has 0 saturated heterocycles. The van der Waals surface area contributed by atoms with Crippen LogP contribution in [-0.2, 0) is 4.74 Å². The molecule has 0 bridgehead atoms. The minimum Gasteiger partial charge on any atom is -0.462 e. The second kappa shape index (κ2) is 6.75. The summed E-state index contributed by atoms with van der Waals surface area (Å²) in [5.41, 5.74) is 2.61. The highest BCUT2D eigenvalue weighted by Gasteiger charge is 2.12. The quantitative estimate of drug-likeness (QED) is 0.691. The summed E-state index contributed by atoms with van der Waals surface area (Å²) >= 11 is 0. The lowest BCUT2D eigenvalue weighted by molar-refractivity contribution is 0.0526. The molecule has 0 saturated carbocycles. The standard InChI is InChI=1S/C18H14N4O2/c1-2-24-18(23)14-5-8-21-17(9-14)22-11-15(10-19)16(12-22)13-3-6-20-7-4-13/h3-9,11-12H,2H2,1H3. The topological polar surface area (TPSA) is 80.8 Å². The number of nitriles is 1. The summed E-state index contributed by atoms with van der Waals surface area (Å²) in [4.78, 5) is 20.1. The molecular weight excluding hydrogens is 304 g/mol. The summed E-state index contributed by atoms with van der Waals surface area (Å²) in [6.45, 7) is 2.07. The number of aromatic nitrogens is 3. The zero-order valence-electron chi connectivity index (χ0n) is 13.0. The second-order valence-corrected chi connectivity index (χ2v) is 4.96. The minimum absolute atomic E-state index is 0.310. The number of hydrogen-bond donors (Lipinski definition) is 0. The Bertz CT molecular complexity index is 910. The molecule has 0 amide bonds. The molecule has 3 aromatic rings. The molecule has 6 heteroatoms. The maximum Gasteiger partial charge on any atom is 0.338 e. The van der Waals surface area contributed by atoms with Gasteiger partial charge >= 0.3 is 5.97 Å². The van der Waals surface area contributed by atoms with E-state index in [1.165, 1.54) is 0 Å². The molecule has 0 aliphatic rings. The van der Waals surface area contributed by atoms with Gasteiger partial charge < -0.3 is 9.30 Å². The van der Waals surface area contributed by atoms with E-state index in [0.717, 1.165) is 11.1 Å². The number of carbonyl (C=O) groups excluding carboxylic acids is 1. The maximum absolute atomic E-state index is 11.9. The van der Waals surface area contributed by atoms with Gasteiger partial charge in [0.1, 0.15) is 11.9 Å². The number of pyridine rings is 2. The van der Waals surface area contributed by atoms with Gasteiger partial charge in [0.05, 0.1) is 17.7 Å². The molecule has 3 heterocycles. The average Bonchev–Trinajstić information content (AvgIpc) is 3.07. The third-order valence-corrected chi connectivity index (χ3v) is 3.46. The van der Waals surface area contributed by atoms with E-state index < -0.39 is 5.97 Å². The van der Waals surface area contributed by atoms with Crippen LogP contribution in [0.4, 0.5) is 0 Å².